The number of ketones is 1. The van der Waals surface area contributed by atoms with Gasteiger partial charge in [0.25, 0.3) is 5.78 Å². The fourth-order valence-corrected chi connectivity index (χ4v) is 1.31. The summed E-state index contributed by atoms with van der Waals surface area (Å²) in [7, 11) is 0. The average Bonchev–Trinajstić information content (AvgIpc) is 2.48. The third kappa shape index (κ3) is 2.08. The molecular formula is C6H2F3NO3S. The summed E-state index contributed by atoms with van der Waals surface area (Å²) in [6.07, 6.45) is -4.31. The van der Waals surface area contributed by atoms with E-state index in [1.54, 1.807) is 0 Å². The molecule has 14 heavy (non-hydrogen) atoms. The molecule has 1 heterocycles. The van der Waals surface area contributed by atoms with Crippen molar-refractivity contribution >= 4 is 23.1 Å². The standard InChI is InChI=1S/C6H2F3NO3S/c7-6(8,9)3(11)4-10-1-2(14-4)5(12)13/h1H,(H,12,13). The molecule has 0 aliphatic rings. The van der Waals surface area contributed by atoms with Crippen LogP contribution in [0, 0.1) is 0 Å². The maximum atomic E-state index is 11.8. The van der Waals surface area contributed by atoms with Crippen molar-refractivity contribution in [1.82, 2.24) is 4.98 Å². The van der Waals surface area contributed by atoms with Gasteiger partial charge in [0.05, 0.1) is 6.20 Å². The van der Waals surface area contributed by atoms with Crippen LogP contribution in [0.5, 0.6) is 0 Å². The molecule has 0 amide bonds. The number of hydrogen-bond donors (Lipinski definition) is 1. The lowest BCUT2D eigenvalue weighted by Gasteiger charge is -1.99. The lowest BCUT2D eigenvalue weighted by atomic mass is 10.4. The maximum Gasteiger partial charge on any atom is 0.457 e. The predicted octanol–water partition coefficient (Wildman–Crippen LogP) is 1.59. The molecule has 0 aromatic carbocycles. The molecule has 1 rings (SSSR count). The van der Waals surface area contributed by atoms with Gasteiger partial charge in [0.2, 0.25) is 0 Å². The van der Waals surface area contributed by atoms with Crippen molar-refractivity contribution < 1.29 is 27.9 Å². The molecule has 0 radical (unpaired) electrons. The molecule has 0 fully saturated rings. The van der Waals surface area contributed by atoms with Crippen LogP contribution in [-0.2, 0) is 0 Å². The molecule has 0 saturated carbocycles. The van der Waals surface area contributed by atoms with Crippen molar-refractivity contribution in [2.45, 2.75) is 6.18 Å². The topological polar surface area (TPSA) is 67.3 Å². The van der Waals surface area contributed by atoms with E-state index in [9.17, 15) is 22.8 Å². The zero-order valence-electron chi connectivity index (χ0n) is 6.33. The van der Waals surface area contributed by atoms with E-state index in [1.165, 1.54) is 0 Å². The van der Waals surface area contributed by atoms with Gasteiger partial charge in [-0.05, 0) is 0 Å². The van der Waals surface area contributed by atoms with Crippen LogP contribution < -0.4 is 0 Å². The minimum atomic E-state index is -5.02. The van der Waals surface area contributed by atoms with Gasteiger partial charge in [0, 0.05) is 0 Å². The Balaban J connectivity index is 2.99. The number of aromatic carboxylic acids is 1. The van der Waals surface area contributed by atoms with Crippen LogP contribution in [0.2, 0.25) is 0 Å². The van der Waals surface area contributed by atoms with Crippen LogP contribution in [0.3, 0.4) is 0 Å². The number of carbonyl (C=O) groups excluding carboxylic acids is 1. The molecule has 76 valence electrons. The van der Waals surface area contributed by atoms with Crippen LogP contribution in [0.15, 0.2) is 6.20 Å². The summed E-state index contributed by atoms with van der Waals surface area (Å²) in [5, 5.41) is 7.49. The highest BCUT2D eigenvalue weighted by Gasteiger charge is 2.41. The van der Waals surface area contributed by atoms with Gasteiger partial charge in [-0.25, -0.2) is 9.78 Å². The summed E-state index contributed by atoms with van der Waals surface area (Å²) < 4.78 is 35.4. The Bertz CT molecular complexity index is 384. The highest BCUT2D eigenvalue weighted by atomic mass is 32.1. The van der Waals surface area contributed by atoms with Crippen LogP contribution in [0.1, 0.15) is 19.5 Å². The number of thiazole rings is 1. The first-order valence-corrected chi connectivity index (χ1v) is 3.94. The molecule has 4 nitrogen and oxygen atoms in total. The van der Waals surface area contributed by atoms with Crippen molar-refractivity contribution in [3.8, 4) is 0 Å². The van der Waals surface area contributed by atoms with E-state index in [-0.39, 0.29) is 11.3 Å². The van der Waals surface area contributed by atoms with Gasteiger partial charge in [-0.15, -0.1) is 11.3 Å². The lowest BCUT2D eigenvalue weighted by Crippen LogP contribution is -2.22. The predicted molar refractivity (Wildman–Crippen MR) is 39.5 cm³/mol. The summed E-state index contributed by atoms with van der Waals surface area (Å²) >= 11 is 0.196. The Hall–Kier alpha value is -1.44. The molecule has 8 heteroatoms. The summed E-state index contributed by atoms with van der Waals surface area (Å²) in [5.74, 6) is -3.54. The van der Waals surface area contributed by atoms with E-state index in [1.807, 2.05) is 0 Å². The minimum absolute atomic E-state index is 0.196. The summed E-state index contributed by atoms with van der Waals surface area (Å²) in [4.78, 5) is 23.5. The highest BCUT2D eigenvalue weighted by molar-refractivity contribution is 7.15. The van der Waals surface area contributed by atoms with Crippen LogP contribution >= 0.6 is 11.3 Å². The van der Waals surface area contributed by atoms with Crippen molar-refractivity contribution in [3.05, 3.63) is 16.1 Å². The van der Waals surface area contributed by atoms with Gasteiger partial charge in [0.1, 0.15) is 4.88 Å². The Morgan fingerprint density at radius 2 is 2.00 bits per heavy atom. The first-order valence-electron chi connectivity index (χ1n) is 3.13. The fourth-order valence-electron chi connectivity index (χ4n) is 0.599. The van der Waals surface area contributed by atoms with E-state index in [0.717, 1.165) is 0 Å². The SMILES string of the molecule is O=C(O)c1cnc(C(=O)C(F)(F)F)s1. The van der Waals surface area contributed by atoms with E-state index in [4.69, 9.17) is 5.11 Å². The zero-order chi connectivity index (χ0) is 10.9. The van der Waals surface area contributed by atoms with Gasteiger partial charge in [0.15, 0.2) is 5.01 Å². The Labute approximate surface area is 79.0 Å². The van der Waals surface area contributed by atoms with E-state index < -0.39 is 27.8 Å². The molecule has 0 atom stereocenters. The number of carbonyl (C=O) groups is 2. The number of halogens is 3. The Kier molecular flexibility index (Phi) is 2.56. The van der Waals surface area contributed by atoms with Crippen molar-refractivity contribution in [2.24, 2.45) is 0 Å². The summed E-state index contributed by atoms with van der Waals surface area (Å²) in [6, 6.07) is 0. The van der Waals surface area contributed by atoms with Crippen molar-refractivity contribution in [3.63, 3.8) is 0 Å². The summed E-state index contributed by atoms with van der Waals surface area (Å²) in [5.41, 5.74) is 0. The molecule has 0 bridgehead atoms. The molecule has 0 spiro atoms. The number of carboxylic acid groups (broad SMARTS) is 1. The second-order valence-electron chi connectivity index (χ2n) is 2.16. The molecular weight excluding hydrogens is 223 g/mol. The van der Waals surface area contributed by atoms with Crippen LogP contribution in [0.25, 0.3) is 0 Å². The number of hydrogen-bond acceptors (Lipinski definition) is 4. The first-order chi connectivity index (χ1) is 6.32. The first kappa shape index (κ1) is 10.6. The van der Waals surface area contributed by atoms with Crippen LogP contribution in [-0.4, -0.2) is 28.0 Å². The van der Waals surface area contributed by atoms with E-state index in [0.29, 0.717) is 6.20 Å². The fraction of sp³-hybridized carbons (Fsp3) is 0.167. The number of aromatic nitrogens is 1. The number of alkyl halides is 3. The highest BCUT2D eigenvalue weighted by Crippen LogP contribution is 2.24. The van der Waals surface area contributed by atoms with Gasteiger partial charge < -0.3 is 5.11 Å². The Morgan fingerprint density at radius 1 is 1.43 bits per heavy atom. The quantitative estimate of drug-likeness (QED) is 0.776. The van der Waals surface area contributed by atoms with Crippen molar-refractivity contribution in [1.29, 1.82) is 0 Å². The lowest BCUT2D eigenvalue weighted by molar-refractivity contribution is -0.0885. The number of Topliss-reactive ketones (excluding diaryl/α,β-unsaturated/α-hetero) is 1. The van der Waals surface area contributed by atoms with Gasteiger partial charge >= 0.3 is 12.1 Å². The number of rotatable bonds is 2. The largest absolute Gasteiger partial charge is 0.477 e. The van der Waals surface area contributed by atoms with E-state index >= 15 is 0 Å². The van der Waals surface area contributed by atoms with Crippen molar-refractivity contribution in [2.75, 3.05) is 0 Å². The Morgan fingerprint density at radius 3 is 2.36 bits per heavy atom. The minimum Gasteiger partial charge on any atom is -0.477 e. The number of nitrogens with zero attached hydrogens (tertiary/aromatic N) is 1. The second-order valence-corrected chi connectivity index (χ2v) is 3.19. The van der Waals surface area contributed by atoms with Gasteiger partial charge in [-0.2, -0.15) is 13.2 Å². The molecule has 0 aliphatic heterocycles. The maximum absolute atomic E-state index is 11.8. The van der Waals surface area contributed by atoms with E-state index in [2.05, 4.69) is 4.98 Å². The monoisotopic (exact) mass is 225 g/mol. The molecule has 0 unspecified atom stereocenters. The second kappa shape index (κ2) is 3.37. The molecule has 1 aromatic heterocycles. The molecule has 0 saturated heterocycles. The number of carboxylic acids is 1. The zero-order valence-corrected chi connectivity index (χ0v) is 7.15. The third-order valence-corrected chi connectivity index (χ3v) is 2.15. The normalized spacial score (nSPS) is 11.4. The van der Waals surface area contributed by atoms with Gasteiger partial charge in [-0.3, -0.25) is 4.79 Å². The smallest absolute Gasteiger partial charge is 0.457 e. The summed E-state index contributed by atoms with van der Waals surface area (Å²) in [6.45, 7) is 0. The van der Waals surface area contributed by atoms with Crippen LogP contribution in [0.4, 0.5) is 13.2 Å². The average molecular weight is 225 g/mol. The molecule has 1 N–H and O–H groups in total. The third-order valence-electron chi connectivity index (χ3n) is 1.17. The molecule has 0 aliphatic carbocycles. The van der Waals surface area contributed by atoms with Gasteiger partial charge in [-0.1, -0.05) is 0 Å². The molecule has 1 aromatic rings.